The zero-order chi connectivity index (χ0) is 26.8. The van der Waals surface area contributed by atoms with Gasteiger partial charge in [0.15, 0.2) is 0 Å². The molecule has 0 radical (unpaired) electrons. The van der Waals surface area contributed by atoms with Crippen molar-refractivity contribution in [1.29, 1.82) is 0 Å². The van der Waals surface area contributed by atoms with E-state index >= 15 is 0 Å². The van der Waals surface area contributed by atoms with Crippen molar-refractivity contribution in [3.05, 3.63) is 101 Å². The van der Waals surface area contributed by atoms with Crippen molar-refractivity contribution in [2.75, 3.05) is 12.9 Å². The standard InChI is InChI=1S/C30H35ClN2O3S/c1-30(2,3)32-29(35)27(18-22-9-6-5-7-10-22)33(19-24-11-8-12-26(17-24)36-4)28(34)21-37-20-23-13-15-25(31)16-14-23/h5-17,27H,18-21H2,1-4H3,(H,32,35)/t27-/m1/s1. The smallest absolute Gasteiger partial charge is 0.243 e. The number of hydrogen-bond acceptors (Lipinski definition) is 4. The van der Waals surface area contributed by atoms with Crippen LogP contribution in [0.15, 0.2) is 78.9 Å². The number of carbonyl (C=O) groups excluding carboxylic acids is 2. The highest BCUT2D eigenvalue weighted by atomic mass is 35.5. The molecule has 0 aromatic heterocycles. The molecule has 0 aliphatic rings. The molecule has 1 N–H and O–H groups in total. The number of nitrogens with one attached hydrogen (secondary N) is 1. The minimum atomic E-state index is -0.670. The van der Waals surface area contributed by atoms with E-state index in [1.807, 2.05) is 99.6 Å². The lowest BCUT2D eigenvalue weighted by molar-refractivity contribution is -0.140. The van der Waals surface area contributed by atoms with E-state index in [1.165, 1.54) is 11.8 Å². The van der Waals surface area contributed by atoms with Gasteiger partial charge in [-0.2, -0.15) is 0 Å². The average Bonchev–Trinajstić information content (AvgIpc) is 2.87. The molecule has 3 rings (SSSR count). The number of hydrogen-bond donors (Lipinski definition) is 1. The molecule has 196 valence electrons. The Labute approximate surface area is 229 Å². The van der Waals surface area contributed by atoms with Gasteiger partial charge < -0.3 is 15.0 Å². The fraction of sp³-hybridized carbons (Fsp3) is 0.333. The van der Waals surface area contributed by atoms with Crippen LogP contribution in [-0.4, -0.2) is 41.2 Å². The highest BCUT2D eigenvalue weighted by Crippen LogP contribution is 2.21. The molecule has 0 bridgehead atoms. The summed E-state index contributed by atoms with van der Waals surface area (Å²) in [6.07, 6.45) is 0.417. The van der Waals surface area contributed by atoms with Crippen LogP contribution in [0.5, 0.6) is 5.75 Å². The second-order valence-corrected chi connectivity index (χ2v) is 11.4. The van der Waals surface area contributed by atoms with Crippen LogP contribution in [-0.2, 0) is 28.3 Å². The van der Waals surface area contributed by atoms with E-state index in [1.54, 1.807) is 12.0 Å². The first-order valence-electron chi connectivity index (χ1n) is 12.2. The van der Waals surface area contributed by atoms with E-state index in [9.17, 15) is 9.59 Å². The van der Waals surface area contributed by atoms with Gasteiger partial charge in [0, 0.05) is 29.3 Å². The lowest BCUT2D eigenvalue weighted by atomic mass is 10.0. The van der Waals surface area contributed by atoms with Crippen molar-refractivity contribution in [2.24, 2.45) is 0 Å². The zero-order valence-corrected chi connectivity index (χ0v) is 23.4. The first-order chi connectivity index (χ1) is 17.6. The highest BCUT2D eigenvalue weighted by Gasteiger charge is 2.32. The molecular weight excluding hydrogens is 504 g/mol. The van der Waals surface area contributed by atoms with Crippen molar-refractivity contribution in [3.63, 3.8) is 0 Å². The molecule has 0 heterocycles. The summed E-state index contributed by atoms with van der Waals surface area (Å²) in [7, 11) is 1.62. The first kappa shape index (κ1) is 28.6. The maximum Gasteiger partial charge on any atom is 0.243 e. The van der Waals surface area contributed by atoms with Gasteiger partial charge in [-0.3, -0.25) is 9.59 Å². The number of thioether (sulfide) groups is 1. The van der Waals surface area contributed by atoms with Gasteiger partial charge in [0.2, 0.25) is 11.8 Å². The van der Waals surface area contributed by atoms with Gasteiger partial charge in [0.25, 0.3) is 0 Å². The van der Waals surface area contributed by atoms with Gasteiger partial charge in [0.1, 0.15) is 11.8 Å². The van der Waals surface area contributed by atoms with Crippen molar-refractivity contribution >= 4 is 35.2 Å². The van der Waals surface area contributed by atoms with Crippen LogP contribution >= 0.6 is 23.4 Å². The summed E-state index contributed by atoms with van der Waals surface area (Å²) >= 11 is 7.52. The molecule has 0 unspecified atom stereocenters. The maximum absolute atomic E-state index is 13.7. The molecule has 0 aliphatic carbocycles. The van der Waals surface area contributed by atoms with Crippen LogP contribution in [0.25, 0.3) is 0 Å². The molecule has 0 saturated heterocycles. The monoisotopic (exact) mass is 538 g/mol. The molecule has 3 aromatic carbocycles. The predicted octanol–water partition coefficient (Wildman–Crippen LogP) is 6.14. The summed E-state index contributed by atoms with van der Waals surface area (Å²) in [5.74, 6) is 1.37. The summed E-state index contributed by atoms with van der Waals surface area (Å²) in [4.78, 5) is 29.0. The number of ether oxygens (including phenoxy) is 1. The second kappa shape index (κ2) is 13.5. The maximum atomic E-state index is 13.7. The second-order valence-electron chi connectivity index (χ2n) is 9.94. The molecule has 7 heteroatoms. The Balaban J connectivity index is 1.88. The third kappa shape index (κ3) is 9.45. The number of methoxy groups -OCH3 is 1. The number of nitrogens with zero attached hydrogens (tertiary/aromatic N) is 1. The van der Waals surface area contributed by atoms with Crippen molar-refractivity contribution < 1.29 is 14.3 Å². The van der Waals surface area contributed by atoms with E-state index in [2.05, 4.69) is 5.32 Å². The minimum absolute atomic E-state index is 0.0910. The van der Waals surface area contributed by atoms with Crippen LogP contribution < -0.4 is 10.1 Å². The van der Waals surface area contributed by atoms with Crippen LogP contribution in [0.3, 0.4) is 0 Å². The largest absolute Gasteiger partial charge is 0.497 e. The molecular formula is C30H35ClN2O3S. The third-order valence-electron chi connectivity index (χ3n) is 5.66. The van der Waals surface area contributed by atoms with Gasteiger partial charge in [-0.15, -0.1) is 11.8 Å². The van der Waals surface area contributed by atoms with Crippen molar-refractivity contribution in [1.82, 2.24) is 10.2 Å². The predicted molar refractivity (Wildman–Crippen MR) is 153 cm³/mol. The summed E-state index contributed by atoms with van der Waals surface area (Å²) in [5.41, 5.74) is 2.55. The first-order valence-corrected chi connectivity index (χ1v) is 13.8. The summed E-state index contributed by atoms with van der Waals surface area (Å²) < 4.78 is 5.39. The quantitative estimate of drug-likeness (QED) is 0.319. The Morgan fingerprint density at radius 3 is 2.27 bits per heavy atom. The third-order valence-corrected chi connectivity index (χ3v) is 6.90. The van der Waals surface area contributed by atoms with Gasteiger partial charge in [0.05, 0.1) is 12.9 Å². The molecule has 5 nitrogen and oxygen atoms in total. The Kier molecular flexibility index (Phi) is 10.5. The van der Waals surface area contributed by atoms with Crippen LogP contribution in [0.2, 0.25) is 5.02 Å². The SMILES string of the molecule is COc1cccc(CN(C(=O)CSCc2ccc(Cl)cc2)[C@H](Cc2ccccc2)C(=O)NC(C)(C)C)c1. The fourth-order valence-corrected chi connectivity index (χ4v) is 4.89. The van der Waals surface area contributed by atoms with Gasteiger partial charge in [-0.25, -0.2) is 0 Å². The van der Waals surface area contributed by atoms with Crippen molar-refractivity contribution in [3.8, 4) is 5.75 Å². The molecule has 3 aromatic rings. The van der Waals surface area contributed by atoms with E-state index in [0.717, 1.165) is 16.7 Å². The van der Waals surface area contributed by atoms with Crippen molar-refractivity contribution in [2.45, 2.75) is 51.1 Å². The van der Waals surface area contributed by atoms with Crippen LogP contribution in [0, 0.1) is 0 Å². The van der Waals surface area contributed by atoms with Gasteiger partial charge in [-0.1, -0.05) is 66.2 Å². The molecule has 0 aliphatic heterocycles. The van der Waals surface area contributed by atoms with Crippen LogP contribution in [0.1, 0.15) is 37.5 Å². The minimum Gasteiger partial charge on any atom is -0.497 e. The summed E-state index contributed by atoms with van der Waals surface area (Å²) in [6, 6.07) is 24.4. The van der Waals surface area contributed by atoms with E-state index in [4.69, 9.17) is 16.3 Å². The Bertz CT molecular complexity index is 1160. The topological polar surface area (TPSA) is 58.6 Å². The normalized spacial score (nSPS) is 12.0. The van der Waals surface area contributed by atoms with E-state index in [0.29, 0.717) is 29.5 Å². The van der Waals surface area contributed by atoms with Crippen LogP contribution in [0.4, 0.5) is 0 Å². The fourth-order valence-electron chi connectivity index (χ4n) is 3.89. The molecule has 0 spiro atoms. The highest BCUT2D eigenvalue weighted by molar-refractivity contribution is 7.99. The number of carbonyl (C=O) groups is 2. The molecule has 37 heavy (non-hydrogen) atoms. The summed E-state index contributed by atoms with van der Waals surface area (Å²) in [6.45, 7) is 6.13. The molecule has 0 saturated carbocycles. The lowest BCUT2D eigenvalue weighted by Gasteiger charge is -2.34. The Morgan fingerprint density at radius 2 is 1.62 bits per heavy atom. The number of benzene rings is 3. The van der Waals surface area contributed by atoms with Gasteiger partial charge in [-0.05, 0) is 61.7 Å². The van der Waals surface area contributed by atoms with E-state index in [-0.39, 0.29) is 17.6 Å². The van der Waals surface area contributed by atoms with Gasteiger partial charge >= 0.3 is 0 Å². The number of rotatable bonds is 11. The number of amides is 2. The lowest BCUT2D eigenvalue weighted by Crippen LogP contribution is -2.54. The van der Waals surface area contributed by atoms with E-state index < -0.39 is 11.6 Å². The Hall–Kier alpha value is -2.96. The zero-order valence-electron chi connectivity index (χ0n) is 21.9. The Morgan fingerprint density at radius 1 is 0.946 bits per heavy atom. The average molecular weight is 539 g/mol. The molecule has 1 atom stereocenters. The number of halogens is 1. The molecule has 2 amide bonds. The molecule has 0 fully saturated rings. The summed E-state index contributed by atoms with van der Waals surface area (Å²) in [5, 5.41) is 3.78.